The molecule has 84 heavy (non-hydrogen) atoms. The highest BCUT2D eigenvalue weighted by atomic mass is 16.4. The van der Waals surface area contributed by atoms with E-state index in [0.717, 1.165) is 199 Å². The molecule has 0 saturated carbocycles. The van der Waals surface area contributed by atoms with E-state index in [4.69, 9.17) is 26.5 Å². The molecule has 0 amide bonds. The summed E-state index contributed by atoms with van der Waals surface area (Å²) >= 11 is 0. The summed E-state index contributed by atoms with van der Waals surface area (Å²) in [4.78, 5) is 0. The van der Waals surface area contributed by atoms with Gasteiger partial charge in [0.25, 0.3) is 0 Å². The molecule has 2 unspecified atom stereocenters. The van der Waals surface area contributed by atoms with Crippen molar-refractivity contribution in [2.75, 3.05) is 0 Å². The first kappa shape index (κ1) is 46.3. The predicted molar refractivity (Wildman–Crippen MR) is 343 cm³/mol. The summed E-state index contributed by atoms with van der Waals surface area (Å²) in [6, 6.07) is 57.2. The fourth-order valence-electron chi connectivity index (χ4n) is 14.4. The lowest BCUT2D eigenvalue weighted by atomic mass is 9.80. The van der Waals surface area contributed by atoms with Gasteiger partial charge in [0, 0.05) is 71.4 Å². The Balaban J connectivity index is 0.748. The number of rotatable bonds is 6. The number of hydrogen-bond donors (Lipinski definition) is 0. The van der Waals surface area contributed by atoms with Crippen LogP contribution in [-0.4, -0.2) is 0 Å². The molecule has 6 nitrogen and oxygen atoms in total. The molecule has 6 heteroatoms. The first-order valence-corrected chi connectivity index (χ1v) is 29.5. The summed E-state index contributed by atoms with van der Waals surface area (Å²) in [5.74, 6) is 2.85. The van der Waals surface area contributed by atoms with Gasteiger partial charge in [0.1, 0.15) is 33.9 Å². The van der Waals surface area contributed by atoms with E-state index < -0.39 is 0 Å². The molecule has 0 fully saturated rings. The Labute approximate surface area is 480 Å². The van der Waals surface area contributed by atoms with E-state index in [1.165, 1.54) is 27.8 Å². The van der Waals surface area contributed by atoms with Gasteiger partial charge in [-0.3, -0.25) is 0 Å². The fraction of sp³-hybridized carbons (Fsp3) is 0.103. The Kier molecular flexibility index (Phi) is 9.71. The third kappa shape index (κ3) is 6.97. The van der Waals surface area contributed by atoms with Crippen LogP contribution in [0.2, 0.25) is 0 Å². The van der Waals surface area contributed by atoms with Crippen molar-refractivity contribution < 1.29 is 26.5 Å². The lowest BCUT2D eigenvalue weighted by Crippen LogP contribution is -2.16. The molecule has 6 heterocycles. The van der Waals surface area contributed by atoms with Crippen molar-refractivity contribution in [3.63, 3.8) is 0 Å². The molecule has 15 aromatic rings. The van der Waals surface area contributed by atoms with Crippen LogP contribution in [0.1, 0.15) is 59.5 Å². The van der Waals surface area contributed by atoms with Crippen LogP contribution in [0.4, 0.5) is 0 Å². The van der Waals surface area contributed by atoms with Gasteiger partial charge >= 0.3 is 0 Å². The first-order chi connectivity index (χ1) is 41.5. The predicted octanol–water partition coefficient (Wildman–Crippen LogP) is 22.3. The number of hydrogen-bond acceptors (Lipinski definition) is 6. The summed E-state index contributed by atoms with van der Waals surface area (Å²) in [7, 11) is 0. The van der Waals surface area contributed by atoms with Crippen molar-refractivity contribution in [1.29, 1.82) is 0 Å². The van der Waals surface area contributed by atoms with Crippen LogP contribution < -0.4 is 0 Å². The smallest absolute Gasteiger partial charge is 0.178 e. The molecule has 398 valence electrons. The minimum Gasteiger partial charge on any atom is -0.456 e. The van der Waals surface area contributed by atoms with Gasteiger partial charge in [-0.1, -0.05) is 103 Å². The Morgan fingerprint density at radius 3 is 1.45 bits per heavy atom. The monoisotopic (exact) mass is 1080 g/mol. The molecule has 19 rings (SSSR count). The Morgan fingerprint density at radius 2 is 0.893 bits per heavy atom. The lowest BCUT2D eigenvalue weighted by molar-refractivity contribution is 0.465. The fourth-order valence-corrected chi connectivity index (χ4v) is 14.4. The van der Waals surface area contributed by atoms with Crippen molar-refractivity contribution in [1.82, 2.24) is 0 Å². The highest BCUT2D eigenvalue weighted by Gasteiger charge is 2.28. The zero-order valence-electron chi connectivity index (χ0n) is 45.6. The highest BCUT2D eigenvalue weighted by molar-refractivity contribution is 6.20. The quantitative estimate of drug-likeness (QED) is 0.165. The molecule has 2 atom stereocenters. The molecule has 0 bridgehead atoms. The minimum atomic E-state index is 0.423. The summed E-state index contributed by atoms with van der Waals surface area (Å²) in [6.07, 6.45) is 28.5. The molecular formula is C78H50O6. The van der Waals surface area contributed by atoms with Gasteiger partial charge in [0.15, 0.2) is 33.5 Å². The van der Waals surface area contributed by atoms with E-state index in [0.29, 0.717) is 11.8 Å². The molecule has 0 aliphatic heterocycles. The van der Waals surface area contributed by atoms with Crippen molar-refractivity contribution >= 4 is 133 Å². The Morgan fingerprint density at radius 1 is 0.357 bits per heavy atom. The van der Waals surface area contributed by atoms with E-state index >= 15 is 0 Å². The average Bonchev–Trinajstić information content (AvgIpc) is 2.36. The zero-order chi connectivity index (χ0) is 54.7. The van der Waals surface area contributed by atoms with E-state index in [2.05, 4.69) is 218 Å². The van der Waals surface area contributed by atoms with Gasteiger partial charge in [-0.25, -0.2) is 0 Å². The van der Waals surface area contributed by atoms with Gasteiger partial charge < -0.3 is 26.5 Å². The Hall–Kier alpha value is -10.3. The van der Waals surface area contributed by atoms with Gasteiger partial charge in [-0.05, 0) is 215 Å². The zero-order valence-corrected chi connectivity index (χ0v) is 45.6. The van der Waals surface area contributed by atoms with Gasteiger partial charge in [0.05, 0.1) is 0 Å². The number of aryl methyl sites for hydroxylation is 1. The topological polar surface area (TPSA) is 78.8 Å². The molecule has 6 aromatic heterocycles. The third-order valence-electron chi connectivity index (χ3n) is 18.8. The van der Waals surface area contributed by atoms with Crippen LogP contribution in [0, 0.1) is 11.8 Å². The second kappa shape index (κ2) is 17.6. The van der Waals surface area contributed by atoms with Gasteiger partial charge in [-0.15, -0.1) is 0 Å². The van der Waals surface area contributed by atoms with Gasteiger partial charge in [0.2, 0.25) is 0 Å². The number of fused-ring (bicyclic) bond motifs is 21. The molecule has 9 aromatic carbocycles. The van der Waals surface area contributed by atoms with Crippen LogP contribution in [0.3, 0.4) is 0 Å². The van der Waals surface area contributed by atoms with Crippen LogP contribution in [0.15, 0.2) is 233 Å². The second-order valence-electron chi connectivity index (χ2n) is 23.5. The molecule has 0 N–H and O–H groups in total. The molecule has 0 saturated heterocycles. The van der Waals surface area contributed by atoms with Crippen molar-refractivity contribution in [3.8, 4) is 33.4 Å². The van der Waals surface area contributed by atoms with Crippen molar-refractivity contribution in [3.05, 3.63) is 240 Å². The third-order valence-corrected chi connectivity index (χ3v) is 18.8. The summed E-state index contributed by atoms with van der Waals surface area (Å²) in [5, 5.41) is 10.6. The largest absolute Gasteiger partial charge is 0.456 e. The van der Waals surface area contributed by atoms with E-state index in [9.17, 15) is 0 Å². The second-order valence-corrected chi connectivity index (χ2v) is 23.5. The molecule has 4 aliphatic rings. The number of allylic oxidation sites excluding steroid dienone is 10. The molecule has 0 radical (unpaired) electrons. The van der Waals surface area contributed by atoms with Crippen LogP contribution >= 0.6 is 0 Å². The highest BCUT2D eigenvalue weighted by Crippen LogP contribution is 2.47. The number of benzene rings is 9. The summed E-state index contributed by atoms with van der Waals surface area (Å²) in [6.45, 7) is 0. The summed E-state index contributed by atoms with van der Waals surface area (Å²) < 4.78 is 40.3. The minimum absolute atomic E-state index is 0.423. The van der Waals surface area contributed by atoms with E-state index in [1.807, 2.05) is 0 Å². The van der Waals surface area contributed by atoms with E-state index in [-0.39, 0.29) is 0 Å². The summed E-state index contributed by atoms with van der Waals surface area (Å²) in [5.41, 5.74) is 21.9. The normalized spacial score (nSPS) is 17.0. The lowest BCUT2D eigenvalue weighted by Gasteiger charge is -2.24. The van der Waals surface area contributed by atoms with Crippen LogP contribution in [0.25, 0.3) is 166 Å². The van der Waals surface area contributed by atoms with E-state index in [1.54, 1.807) is 0 Å². The maximum Gasteiger partial charge on any atom is 0.178 e. The van der Waals surface area contributed by atoms with Crippen molar-refractivity contribution in [2.45, 2.75) is 38.5 Å². The maximum absolute atomic E-state index is 6.77. The maximum atomic E-state index is 6.77. The number of furan rings is 6. The average molecular weight is 1080 g/mol. The molecular weight excluding hydrogens is 1030 g/mol. The standard InChI is InChI=1S/C78H50O6/c1-4-10-43(11-5-1)46-16-28-67-61(37-46)55-22-25-58-64-40-49(19-31-70(64)82-76(58)73(55)79-67)52-34-53(50-20-32-71-65(41-50)59-26-23-56-62-38-47(44-12-6-2-7-13-44)17-29-68(62)80-74(56)77(59)83-71)36-54(35-52)51-21-33-72-66(42-51)60-27-24-57-63-39-48(45-14-8-3-9-15-45)18-30-69(63)81-75(57)78(60)84-72/h1-2,4-8,10-12,14-15,17-27,29-37,39-42,44,47H,3,9,13,16,28,38H2. The van der Waals surface area contributed by atoms with Crippen LogP contribution in [-0.2, 0) is 12.8 Å². The molecule has 0 spiro atoms. The Bertz CT molecular complexity index is 5570. The molecule has 4 aliphatic carbocycles. The van der Waals surface area contributed by atoms with Crippen LogP contribution in [0.5, 0.6) is 0 Å². The van der Waals surface area contributed by atoms with Gasteiger partial charge in [-0.2, -0.15) is 0 Å². The SMILES string of the molecule is C1=CCC(C2C=Cc3oc4c(ccc5c6cc(-c7cc(-c8ccc9oc%10c(ccc%11c%12c(oc%11%10)CCC(c%10ccccc%10)=C%12)c9c8)cc(-c8ccc9oc%10c(ccc%11c%12cc(C%13=CCCC=C%13)ccc%12oc%11%10)c9c8)c7)ccc6oc54)c3C2)C=C1. The van der Waals surface area contributed by atoms with Crippen molar-refractivity contribution in [2.24, 2.45) is 11.8 Å². The first-order valence-electron chi connectivity index (χ1n) is 29.5.